The molecule has 1 fully saturated rings. The maximum Gasteiger partial charge on any atom is 0.220 e. The molecule has 0 radical (unpaired) electrons. The smallest absolute Gasteiger partial charge is 0.220 e. The van der Waals surface area contributed by atoms with Crippen molar-refractivity contribution in [1.82, 2.24) is 19.5 Å². The van der Waals surface area contributed by atoms with E-state index in [0.29, 0.717) is 5.92 Å². The summed E-state index contributed by atoms with van der Waals surface area (Å²) in [6, 6.07) is 2.04. The monoisotopic (exact) mass is 513 g/mol. The standard InChI is InChI=1S/C17H17BrIN5O/c18-15-5-11-12(16-13(19)6-22-17(20)23-16)9-24(14(11)7-21-15)8-10-1-3-25-4-2-10/h5-7,9-10H,1-4,8H2,(H2,20,22,23). The molecule has 3 aromatic rings. The number of anilines is 1. The molecule has 0 bridgehead atoms. The van der Waals surface area contributed by atoms with E-state index in [9.17, 15) is 0 Å². The lowest BCUT2D eigenvalue weighted by atomic mass is 10.0. The Kier molecular flexibility index (Phi) is 4.92. The van der Waals surface area contributed by atoms with Crippen LogP contribution in [-0.4, -0.2) is 32.7 Å². The highest BCUT2D eigenvalue weighted by Crippen LogP contribution is 2.34. The summed E-state index contributed by atoms with van der Waals surface area (Å²) in [6.45, 7) is 2.65. The predicted molar refractivity (Wildman–Crippen MR) is 109 cm³/mol. The topological polar surface area (TPSA) is 78.8 Å². The molecule has 6 nitrogen and oxygen atoms in total. The Bertz CT molecular complexity index is 923. The van der Waals surface area contributed by atoms with Gasteiger partial charge in [-0.15, -0.1) is 0 Å². The van der Waals surface area contributed by atoms with Gasteiger partial charge in [-0.25, -0.2) is 15.0 Å². The van der Waals surface area contributed by atoms with Crippen molar-refractivity contribution in [3.8, 4) is 11.3 Å². The molecule has 0 unspecified atom stereocenters. The lowest BCUT2D eigenvalue weighted by Gasteiger charge is -2.22. The van der Waals surface area contributed by atoms with Gasteiger partial charge in [-0.2, -0.15) is 0 Å². The van der Waals surface area contributed by atoms with Crippen LogP contribution in [0.15, 0.2) is 29.3 Å². The molecule has 0 saturated carbocycles. The number of nitrogen functional groups attached to an aromatic ring is 1. The lowest BCUT2D eigenvalue weighted by molar-refractivity contribution is 0.0616. The molecule has 130 valence electrons. The maximum absolute atomic E-state index is 5.83. The second kappa shape index (κ2) is 7.16. The molecule has 4 rings (SSSR count). The number of hydrogen-bond donors (Lipinski definition) is 1. The van der Waals surface area contributed by atoms with Crippen LogP contribution in [-0.2, 0) is 11.3 Å². The summed E-state index contributed by atoms with van der Waals surface area (Å²) < 4.78 is 9.55. The van der Waals surface area contributed by atoms with Gasteiger partial charge < -0.3 is 15.0 Å². The molecule has 0 amide bonds. The Balaban J connectivity index is 1.83. The van der Waals surface area contributed by atoms with E-state index in [1.54, 1.807) is 6.20 Å². The number of fused-ring (bicyclic) bond motifs is 1. The summed E-state index contributed by atoms with van der Waals surface area (Å²) in [4.78, 5) is 13.0. The van der Waals surface area contributed by atoms with Crippen molar-refractivity contribution in [2.24, 2.45) is 5.92 Å². The zero-order chi connectivity index (χ0) is 17.4. The van der Waals surface area contributed by atoms with Gasteiger partial charge >= 0.3 is 0 Å². The maximum atomic E-state index is 5.83. The second-order valence-corrected chi connectivity index (χ2v) is 8.17. The molecule has 1 saturated heterocycles. The minimum Gasteiger partial charge on any atom is -0.381 e. The van der Waals surface area contributed by atoms with Gasteiger partial charge in [0.1, 0.15) is 4.60 Å². The molecule has 3 aromatic heterocycles. The number of nitrogens with zero attached hydrogens (tertiary/aromatic N) is 4. The van der Waals surface area contributed by atoms with Crippen LogP contribution in [0, 0.1) is 9.49 Å². The van der Waals surface area contributed by atoms with E-state index in [4.69, 9.17) is 10.5 Å². The van der Waals surface area contributed by atoms with Crippen LogP contribution in [0.5, 0.6) is 0 Å². The van der Waals surface area contributed by atoms with Gasteiger partial charge in [0.05, 0.1) is 21.0 Å². The molecule has 0 aromatic carbocycles. The third kappa shape index (κ3) is 3.52. The number of nitrogens with two attached hydrogens (primary N) is 1. The fourth-order valence-corrected chi connectivity index (χ4v) is 4.16. The Morgan fingerprint density at radius 3 is 2.88 bits per heavy atom. The van der Waals surface area contributed by atoms with E-state index in [2.05, 4.69) is 64.2 Å². The summed E-state index contributed by atoms with van der Waals surface area (Å²) in [5.41, 5.74) is 8.86. The van der Waals surface area contributed by atoms with Crippen LogP contribution in [0.2, 0.25) is 0 Å². The third-order valence-electron chi connectivity index (χ3n) is 4.55. The first-order chi connectivity index (χ1) is 12.1. The van der Waals surface area contributed by atoms with Gasteiger partial charge in [0.2, 0.25) is 5.95 Å². The third-order valence-corrected chi connectivity index (χ3v) is 5.77. The van der Waals surface area contributed by atoms with Gasteiger partial charge in [0, 0.05) is 43.1 Å². The van der Waals surface area contributed by atoms with E-state index in [1.807, 2.05) is 12.3 Å². The molecular weight excluding hydrogens is 497 g/mol. The quantitative estimate of drug-likeness (QED) is 0.425. The number of hydrogen-bond acceptors (Lipinski definition) is 5. The van der Waals surface area contributed by atoms with E-state index < -0.39 is 0 Å². The van der Waals surface area contributed by atoms with Crippen LogP contribution in [0.1, 0.15) is 12.8 Å². The number of aromatic nitrogens is 4. The fraction of sp³-hybridized carbons (Fsp3) is 0.353. The largest absolute Gasteiger partial charge is 0.381 e. The second-order valence-electron chi connectivity index (χ2n) is 6.20. The summed E-state index contributed by atoms with van der Waals surface area (Å²) in [5.74, 6) is 0.907. The summed E-state index contributed by atoms with van der Waals surface area (Å²) >= 11 is 5.74. The average Bonchev–Trinajstić information content (AvgIpc) is 2.95. The number of pyridine rings is 1. The van der Waals surface area contributed by atoms with Gasteiger partial charge in [-0.05, 0) is 63.3 Å². The van der Waals surface area contributed by atoms with Gasteiger partial charge in [0.15, 0.2) is 0 Å². The molecule has 1 aliphatic heterocycles. The molecule has 2 N–H and O–H groups in total. The molecule has 1 aliphatic rings. The average molecular weight is 514 g/mol. The van der Waals surface area contributed by atoms with Gasteiger partial charge in [-0.1, -0.05) is 0 Å². The van der Waals surface area contributed by atoms with Gasteiger partial charge in [-0.3, -0.25) is 0 Å². The minimum atomic E-state index is 0.286. The van der Waals surface area contributed by atoms with E-state index in [1.165, 1.54) is 0 Å². The number of halogens is 2. The fourth-order valence-electron chi connectivity index (χ4n) is 3.28. The summed E-state index contributed by atoms with van der Waals surface area (Å²) in [5, 5.41) is 1.12. The van der Waals surface area contributed by atoms with Gasteiger partial charge in [0.25, 0.3) is 0 Å². The van der Waals surface area contributed by atoms with E-state index in [-0.39, 0.29) is 5.95 Å². The highest BCUT2D eigenvalue weighted by atomic mass is 127. The first-order valence-corrected chi connectivity index (χ1v) is 9.99. The van der Waals surface area contributed by atoms with Crippen LogP contribution in [0.4, 0.5) is 5.95 Å². The Labute approximate surface area is 167 Å². The van der Waals surface area contributed by atoms with Crippen LogP contribution < -0.4 is 5.73 Å². The molecule has 0 atom stereocenters. The van der Waals surface area contributed by atoms with Crippen molar-refractivity contribution in [1.29, 1.82) is 0 Å². The van der Waals surface area contributed by atoms with E-state index >= 15 is 0 Å². The first kappa shape index (κ1) is 17.2. The normalized spacial score (nSPS) is 15.8. The molecule has 4 heterocycles. The zero-order valence-corrected chi connectivity index (χ0v) is 17.2. The minimum absolute atomic E-state index is 0.286. The van der Waals surface area contributed by atoms with Crippen molar-refractivity contribution in [2.45, 2.75) is 19.4 Å². The molecule has 8 heteroatoms. The molecule has 25 heavy (non-hydrogen) atoms. The Morgan fingerprint density at radius 2 is 2.08 bits per heavy atom. The van der Waals surface area contributed by atoms with Crippen LogP contribution in [0.3, 0.4) is 0 Å². The molecule has 0 spiro atoms. The molecular formula is C17H17BrIN5O. The Hall–Kier alpha value is -1.26. The SMILES string of the molecule is Nc1ncc(I)c(-c2cn(CC3CCOCC3)c3cnc(Br)cc23)n1. The van der Waals surface area contributed by atoms with Crippen molar-refractivity contribution >= 4 is 55.4 Å². The number of rotatable bonds is 3. The summed E-state index contributed by atoms with van der Waals surface area (Å²) in [7, 11) is 0. The molecule has 0 aliphatic carbocycles. The predicted octanol–water partition coefficient (Wildman–Crippen LogP) is 3.87. The Morgan fingerprint density at radius 1 is 1.28 bits per heavy atom. The van der Waals surface area contributed by atoms with Crippen molar-refractivity contribution in [2.75, 3.05) is 18.9 Å². The van der Waals surface area contributed by atoms with Crippen molar-refractivity contribution in [3.63, 3.8) is 0 Å². The van der Waals surface area contributed by atoms with E-state index in [0.717, 1.165) is 62.9 Å². The first-order valence-electron chi connectivity index (χ1n) is 8.12. The zero-order valence-electron chi connectivity index (χ0n) is 13.5. The van der Waals surface area contributed by atoms with Crippen LogP contribution in [0.25, 0.3) is 22.2 Å². The summed E-state index contributed by atoms with van der Waals surface area (Å²) in [6.07, 6.45) is 8.03. The highest BCUT2D eigenvalue weighted by molar-refractivity contribution is 14.1. The van der Waals surface area contributed by atoms with Crippen molar-refractivity contribution < 1.29 is 4.74 Å². The lowest BCUT2D eigenvalue weighted by Crippen LogP contribution is -2.20. The van der Waals surface area contributed by atoms with Crippen LogP contribution >= 0.6 is 38.5 Å². The number of ether oxygens (including phenoxy) is 1. The van der Waals surface area contributed by atoms with Crippen molar-refractivity contribution in [3.05, 3.63) is 32.8 Å². The highest BCUT2D eigenvalue weighted by Gasteiger charge is 2.19.